The number of carboxylic acid groups (broad SMARTS) is 1. The first-order chi connectivity index (χ1) is 13.2. The van der Waals surface area contributed by atoms with Gasteiger partial charge in [0, 0.05) is 4.88 Å². The zero-order valence-electron chi connectivity index (χ0n) is 14.3. The van der Waals surface area contributed by atoms with Gasteiger partial charge in [0.1, 0.15) is 11.5 Å². The van der Waals surface area contributed by atoms with Crippen LogP contribution in [0.2, 0.25) is 5.02 Å². The molecule has 0 amide bonds. The standard InChI is InChI=1S/C18H13ClFNO5S2/c1-10-4-2-3-5-16(10)28(24,25)21-14-9-15(27-17(14)26-18(22)23)11-6-7-13(20)12(19)8-11/h2-9,21H,1H3,(H,22,23). The van der Waals surface area contributed by atoms with Gasteiger partial charge in [0.2, 0.25) is 5.06 Å². The Labute approximate surface area is 169 Å². The fourth-order valence-electron chi connectivity index (χ4n) is 2.45. The molecule has 10 heteroatoms. The Hall–Kier alpha value is -2.62. The van der Waals surface area contributed by atoms with E-state index in [0.29, 0.717) is 16.0 Å². The molecule has 3 rings (SSSR count). The van der Waals surface area contributed by atoms with Crippen molar-refractivity contribution in [2.24, 2.45) is 0 Å². The summed E-state index contributed by atoms with van der Waals surface area (Å²) in [4.78, 5) is 11.5. The van der Waals surface area contributed by atoms with E-state index in [1.807, 2.05) is 0 Å². The van der Waals surface area contributed by atoms with Gasteiger partial charge in [0.25, 0.3) is 10.0 Å². The predicted octanol–water partition coefficient (Wildman–Crippen LogP) is 5.37. The van der Waals surface area contributed by atoms with Gasteiger partial charge in [-0.05, 0) is 42.3 Å². The highest BCUT2D eigenvalue weighted by atomic mass is 35.5. The van der Waals surface area contributed by atoms with Crippen molar-refractivity contribution in [3.8, 4) is 15.5 Å². The van der Waals surface area contributed by atoms with Crippen LogP contribution in [-0.2, 0) is 10.0 Å². The van der Waals surface area contributed by atoms with Gasteiger partial charge in [0.05, 0.1) is 9.92 Å². The number of hydrogen-bond acceptors (Lipinski definition) is 5. The molecule has 6 nitrogen and oxygen atoms in total. The summed E-state index contributed by atoms with van der Waals surface area (Å²) in [6, 6.07) is 11.7. The first-order valence-electron chi connectivity index (χ1n) is 7.76. The maximum absolute atomic E-state index is 13.4. The van der Waals surface area contributed by atoms with Gasteiger partial charge in [-0.25, -0.2) is 17.6 Å². The van der Waals surface area contributed by atoms with Crippen molar-refractivity contribution >= 4 is 44.8 Å². The monoisotopic (exact) mass is 441 g/mol. The van der Waals surface area contributed by atoms with E-state index in [1.165, 1.54) is 24.3 Å². The van der Waals surface area contributed by atoms with Crippen molar-refractivity contribution < 1.29 is 27.4 Å². The molecular formula is C18H13ClFNO5S2. The fraction of sp³-hybridized carbons (Fsp3) is 0.0556. The molecule has 2 N–H and O–H groups in total. The SMILES string of the molecule is Cc1ccccc1S(=O)(=O)Nc1cc(-c2ccc(F)c(Cl)c2)sc1OC(=O)O. The maximum Gasteiger partial charge on any atom is 0.512 e. The van der Waals surface area contributed by atoms with Gasteiger partial charge >= 0.3 is 6.16 Å². The van der Waals surface area contributed by atoms with Crippen LogP contribution in [0.15, 0.2) is 53.4 Å². The lowest BCUT2D eigenvalue weighted by Gasteiger charge is -2.10. The maximum atomic E-state index is 13.4. The highest BCUT2D eigenvalue weighted by molar-refractivity contribution is 7.92. The van der Waals surface area contributed by atoms with Crippen molar-refractivity contribution in [3.63, 3.8) is 0 Å². The molecule has 0 spiro atoms. The second-order valence-electron chi connectivity index (χ2n) is 5.68. The number of rotatable bonds is 5. The summed E-state index contributed by atoms with van der Waals surface area (Å²) in [5.74, 6) is -0.607. The topological polar surface area (TPSA) is 92.7 Å². The summed E-state index contributed by atoms with van der Waals surface area (Å²) in [5, 5.41) is 8.66. The molecule has 0 radical (unpaired) electrons. The van der Waals surface area contributed by atoms with E-state index in [2.05, 4.69) is 4.72 Å². The van der Waals surface area contributed by atoms with E-state index in [4.69, 9.17) is 21.4 Å². The first kappa shape index (κ1) is 20.1. The molecule has 0 bridgehead atoms. The quantitative estimate of drug-likeness (QED) is 0.519. The minimum atomic E-state index is -3.99. The second kappa shape index (κ2) is 7.78. The third-order valence-electron chi connectivity index (χ3n) is 3.71. The van der Waals surface area contributed by atoms with Crippen LogP contribution in [0.3, 0.4) is 0 Å². The molecular weight excluding hydrogens is 429 g/mol. The molecule has 1 heterocycles. The minimum absolute atomic E-state index is 0.0499. The second-order valence-corrected chi connectivity index (χ2v) is 8.75. The number of benzene rings is 2. The van der Waals surface area contributed by atoms with Gasteiger partial charge in [0.15, 0.2) is 0 Å². The minimum Gasteiger partial charge on any atom is -0.449 e. The summed E-state index contributed by atoms with van der Waals surface area (Å²) in [7, 11) is -3.99. The molecule has 0 saturated carbocycles. The van der Waals surface area contributed by atoms with Gasteiger partial charge in [-0.3, -0.25) is 4.72 Å². The predicted molar refractivity (Wildman–Crippen MR) is 105 cm³/mol. The van der Waals surface area contributed by atoms with Crippen molar-refractivity contribution in [2.45, 2.75) is 11.8 Å². The van der Waals surface area contributed by atoms with E-state index in [9.17, 15) is 17.6 Å². The van der Waals surface area contributed by atoms with Gasteiger partial charge < -0.3 is 9.84 Å². The summed E-state index contributed by atoms with van der Waals surface area (Å²) in [6.45, 7) is 1.64. The van der Waals surface area contributed by atoms with Crippen molar-refractivity contribution in [1.29, 1.82) is 0 Å². The van der Waals surface area contributed by atoms with E-state index in [0.717, 1.165) is 17.4 Å². The van der Waals surface area contributed by atoms with Gasteiger partial charge in [-0.15, -0.1) is 0 Å². The third kappa shape index (κ3) is 4.27. The summed E-state index contributed by atoms with van der Waals surface area (Å²) in [5.41, 5.74) is 0.954. The van der Waals surface area contributed by atoms with Crippen LogP contribution in [0.4, 0.5) is 14.9 Å². The Morgan fingerprint density at radius 2 is 1.93 bits per heavy atom. The number of hydrogen-bond donors (Lipinski definition) is 2. The van der Waals surface area contributed by atoms with Crippen LogP contribution < -0.4 is 9.46 Å². The lowest BCUT2D eigenvalue weighted by atomic mass is 10.2. The Morgan fingerprint density at radius 3 is 2.57 bits per heavy atom. The summed E-state index contributed by atoms with van der Waals surface area (Å²) in [6.07, 6.45) is -1.60. The largest absolute Gasteiger partial charge is 0.512 e. The van der Waals surface area contributed by atoms with Crippen LogP contribution >= 0.6 is 22.9 Å². The lowest BCUT2D eigenvalue weighted by Crippen LogP contribution is -2.15. The zero-order valence-corrected chi connectivity index (χ0v) is 16.7. The highest BCUT2D eigenvalue weighted by Gasteiger charge is 2.22. The van der Waals surface area contributed by atoms with Gasteiger partial charge in [-0.2, -0.15) is 0 Å². The normalized spacial score (nSPS) is 11.2. The molecule has 1 aromatic heterocycles. The molecule has 0 fully saturated rings. The molecule has 0 aliphatic heterocycles. The number of thiophene rings is 1. The van der Waals surface area contributed by atoms with E-state index < -0.39 is 22.0 Å². The molecule has 0 atom stereocenters. The highest BCUT2D eigenvalue weighted by Crippen LogP contribution is 2.42. The van der Waals surface area contributed by atoms with E-state index in [-0.39, 0.29) is 20.7 Å². The lowest BCUT2D eigenvalue weighted by molar-refractivity contribution is 0.146. The number of ether oxygens (including phenoxy) is 1. The number of anilines is 1. The van der Waals surface area contributed by atoms with Crippen molar-refractivity contribution in [1.82, 2.24) is 0 Å². The number of carbonyl (C=O) groups is 1. The van der Waals surface area contributed by atoms with Crippen LogP contribution in [-0.4, -0.2) is 19.7 Å². The summed E-state index contributed by atoms with van der Waals surface area (Å²) < 4.78 is 45.9. The van der Waals surface area contributed by atoms with E-state index >= 15 is 0 Å². The number of sulfonamides is 1. The average molecular weight is 442 g/mol. The molecule has 0 saturated heterocycles. The molecule has 2 aromatic carbocycles. The number of aryl methyl sites for hydroxylation is 1. The molecule has 0 unspecified atom stereocenters. The van der Waals surface area contributed by atoms with Gasteiger partial charge in [-0.1, -0.05) is 47.2 Å². The van der Waals surface area contributed by atoms with Crippen molar-refractivity contribution in [3.05, 3.63) is 64.9 Å². The molecule has 0 aliphatic carbocycles. The Kier molecular flexibility index (Phi) is 5.59. The van der Waals surface area contributed by atoms with Crippen LogP contribution in [0.5, 0.6) is 5.06 Å². The van der Waals surface area contributed by atoms with Crippen LogP contribution in [0.1, 0.15) is 5.56 Å². The average Bonchev–Trinajstić information content (AvgIpc) is 2.98. The fourth-order valence-corrected chi connectivity index (χ4v) is 4.95. The summed E-state index contributed by atoms with van der Waals surface area (Å²) >= 11 is 6.68. The Bertz CT molecular complexity index is 1160. The van der Waals surface area contributed by atoms with Crippen LogP contribution in [0, 0.1) is 12.7 Å². The Balaban J connectivity index is 2.04. The first-order valence-corrected chi connectivity index (χ1v) is 10.4. The van der Waals surface area contributed by atoms with Crippen molar-refractivity contribution in [2.75, 3.05) is 4.72 Å². The smallest absolute Gasteiger partial charge is 0.449 e. The van der Waals surface area contributed by atoms with E-state index in [1.54, 1.807) is 25.1 Å². The third-order valence-corrected chi connectivity index (χ3v) is 6.59. The molecule has 0 aliphatic rings. The Morgan fingerprint density at radius 1 is 1.21 bits per heavy atom. The molecule has 28 heavy (non-hydrogen) atoms. The number of halogens is 2. The molecule has 3 aromatic rings. The van der Waals surface area contributed by atoms with Crippen LogP contribution in [0.25, 0.3) is 10.4 Å². The molecule has 146 valence electrons. The zero-order chi connectivity index (χ0) is 20.5. The number of nitrogens with one attached hydrogen (secondary N) is 1.